The Balaban J connectivity index is 1.71. The molecule has 2 unspecified atom stereocenters. The summed E-state index contributed by atoms with van der Waals surface area (Å²) in [6, 6.07) is 6.26. The van der Waals surface area contributed by atoms with Gasteiger partial charge in [0.1, 0.15) is 0 Å². The Morgan fingerprint density at radius 1 is 1.29 bits per heavy atom. The fourth-order valence-electron chi connectivity index (χ4n) is 3.87. The van der Waals surface area contributed by atoms with Crippen molar-refractivity contribution >= 4 is 17.3 Å². The highest BCUT2D eigenvalue weighted by Gasteiger charge is 2.37. The lowest BCUT2D eigenvalue weighted by Crippen LogP contribution is -2.25. The number of nitrogens with one attached hydrogen (secondary N) is 1. The van der Waals surface area contributed by atoms with Crippen molar-refractivity contribution in [3.8, 4) is 0 Å². The van der Waals surface area contributed by atoms with Gasteiger partial charge in [0.15, 0.2) is 0 Å². The van der Waals surface area contributed by atoms with Crippen molar-refractivity contribution in [3.05, 3.63) is 28.8 Å². The number of benzene rings is 1. The molecule has 1 saturated carbocycles. The molecule has 0 bridgehead atoms. The molecule has 1 saturated heterocycles. The zero-order valence-corrected chi connectivity index (χ0v) is 13.5. The largest absolute Gasteiger partial charge is 0.383 e. The molecular formula is C17H25ClN2O. The van der Waals surface area contributed by atoms with Crippen molar-refractivity contribution in [2.75, 3.05) is 38.3 Å². The molecule has 0 aromatic heterocycles. The molecule has 0 radical (unpaired) electrons. The standard InChI is InChI=1S/C17H25ClN2O/c1-21-9-8-19-10-13-4-3-7-16(18)17(13)20-11-14-5-2-6-15(14)12-20/h3-4,7,14-15,19H,2,5-6,8-12H2,1H3. The van der Waals surface area contributed by atoms with E-state index in [9.17, 15) is 0 Å². The van der Waals surface area contributed by atoms with Crippen molar-refractivity contribution in [2.45, 2.75) is 25.8 Å². The number of fused-ring (bicyclic) bond motifs is 1. The van der Waals surface area contributed by atoms with Crippen LogP contribution in [0.25, 0.3) is 0 Å². The van der Waals surface area contributed by atoms with E-state index in [1.54, 1.807) is 7.11 Å². The third-order valence-corrected chi connectivity index (χ3v) is 5.22. The Kier molecular flexibility index (Phi) is 5.04. The van der Waals surface area contributed by atoms with Crippen LogP contribution in [0.5, 0.6) is 0 Å². The van der Waals surface area contributed by atoms with E-state index in [-0.39, 0.29) is 0 Å². The van der Waals surface area contributed by atoms with Gasteiger partial charge < -0.3 is 15.0 Å². The maximum Gasteiger partial charge on any atom is 0.0642 e. The predicted molar refractivity (Wildman–Crippen MR) is 88.1 cm³/mol. The van der Waals surface area contributed by atoms with Crippen LogP contribution in [-0.2, 0) is 11.3 Å². The Bertz CT molecular complexity index is 468. The molecule has 0 spiro atoms. The summed E-state index contributed by atoms with van der Waals surface area (Å²) in [6.45, 7) is 4.82. The first kappa shape index (κ1) is 15.1. The number of para-hydroxylation sites is 1. The molecule has 1 aliphatic carbocycles. The third-order valence-electron chi connectivity index (χ3n) is 4.91. The summed E-state index contributed by atoms with van der Waals surface area (Å²) in [5, 5.41) is 4.32. The van der Waals surface area contributed by atoms with Crippen LogP contribution < -0.4 is 10.2 Å². The van der Waals surface area contributed by atoms with Gasteiger partial charge in [-0.25, -0.2) is 0 Å². The zero-order valence-electron chi connectivity index (χ0n) is 12.8. The summed E-state index contributed by atoms with van der Waals surface area (Å²) in [5.74, 6) is 1.77. The van der Waals surface area contributed by atoms with Gasteiger partial charge in [-0.05, 0) is 36.3 Å². The number of methoxy groups -OCH3 is 1. The summed E-state index contributed by atoms with van der Waals surface area (Å²) >= 11 is 6.51. The normalized spacial score (nSPS) is 24.6. The van der Waals surface area contributed by atoms with Crippen LogP contribution in [0.4, 0.5) is 5.69 Å². The van der Waals surface area contributed by atoms with E-state index < -0.39 is 0 Å². The second-order valence-electron chi connectivity index (χ2n) is 6.27. The molecule has 1 N–H and O–H groups in total. The number of halogens is 1. The maximum absolute atomic E-state index is 6.51. The van der Waals surface area contributed by atoms with E-state index in [2.05, 4.69) is 22.3 Å². The number of anilines is 1. The lowest BCUT2D eigenvalue weighted by atomic mass is 10.0. The molecule has 4 heteroatoms. The highest BCUT2D eigenvalue weighted by Crippen LogP contribution is 2.42. The molecular weight excluding hydrogens is 284 g/mol. The van der Waals surface area contributed by atoms with E-state index in [1.165, 1.54) is 43.6 Å². The van der Waals surface area contributed by atoms with Crippen LogP contribution in [0, 0.1) is 11.8 Å². The minimum atomic E-state index is 0.740. The first-order valence-corrected chi connectivity index (χ1v) is 8.39. The predicted octanol–water partition coefficient (Wildman–Crippen LogP) is 3.31. The molecule has 1 heterocycles. The number of nitrogens with zero attached hydrogens (tertiary/aromatic N) is 1. The van der Waals surface area contributed by atoms with Gasteiger partial charge >= 0.3 is 0 Å². The van der Waals surface area contributed by atoms with Crippen LogP contribution >= 0.6 is 11.6 Å². The molecule has 2 atom stereocenters. The van der Waals surface area contributed by atoms with E-state index in [1.807, 2.05) is 6.07 Å². The summed E-state index contributed by atoms with van der Waals surface area (Å²) in [4.78, 5) is 2.52. The van der Waals surface area contributed by atoms with Gasteiger partial charge in [-0.3, -0.25) is 0 Å². The summed E-state index contributed by atoms with van der Waals surface area (Å²) in [7, 11) is 1.73. The van der Waals surface area contributed by atoms with Crippen molar-refractivity contribution in [3.63, 3.8) is 0 Å². The molecule has 21 heavy (non-hydrogen) atoms. The summed E-state index contributed by atoms with van der Waals surface area (Å²) in [6.07, 6.45) is 4.21. The van der Waals surface area contributed by atoms with Gasteiger partial charge in [-0.2, -0.15) is 0 Å². The van der Waals surface area contributed by atoms with Gasteiger partial charge in [-0.1, -0.05) is 30.2 Å². The zero-order chi connectivity index (χ0) is 14.7. The average molecular weight is 309 g/mol. The first-order chi connectivity index (χ1) is 10.3. The average Bonchev–Trinajstić information content (AvgIpc) is 3.05. The second kappa shape index (κ2) is 6.99. The monoisotopic (exact) mass is 308 g/mol. The fraction of sp³-hybridized carbons (Fsp3) is 0.647. The molecule has 3 nitrogen and oxygen atoms in total. The quantitative estimate of drug-likeness (QED) is 0.816. The lowest BCUT2D eigenvalue weighted by Gasteiger charge is -2.24. The van der Waals surface area contributed by atoms with E-state index >= 15 is 0 Å². The number of hydrogen-bond donors (Lipinski definition) is 1. The third kappa shape index (κ3) is 3.36. The number of ether oxygens (including phenoxy) is 1. The summed E-state index contributed by atoms with van der Waals surface area (Å²) in [5.41, 5.74) is 2.55. The van der Waals surface area contributed by atoms with Crippen molar-refractivity contribution in [2.24, 2.45) is 11.8 Å². The SMILES string of the molecule is COCCNCc1cccc(Cl)c1N1CC2CCCC2C1. The molecule has 2 fully saturated rings. The van der Waals surface area contributed by atoms with Crippen molar-refractivity contribution < 1.29 is 4.74 Å². The Morgan fingerprint density at radius 3 is 2.76 bits per heavy atom. The van der Waals surface area contributed by atoms with E-state index in [4.69, 9.17) is 16.3 Å². The van der Waals surface area contributed by atoms with Gasteiger partial charge in [0.25, 0.3) is 0 Å². The van der Waals surface area contributed by atoms with Gasteiger partial charge in [-0.15, -0.1) is 0 Å². The molecule has 2 aliphatic rings. The molecule has 1 aromatic carbocycles. The minimum absolute atomic E-state index is 0.740. The summed E-state index contributed by atoms with van der Waals surface area (Å²) < 4.78 is 5.08. The van der Waals surface area contributed by atoms with Crippen LogP contribution in [0.3, 0.4) is 0 Å². The number of hydrogen-bond acceptors (Lipinski definition) is 3. The van der Waals surface area contributed by atoms with Crippen LogP contribution in [0.15, 0.2) is 18.2 Å². The van der Waals surface area contributed by atoms with Gasteiger partial charge in [0.2, 0.25) is 0 Å². The highest BCUT2D eigenvalue weighted by molar-refractivity contribution is 6.33. The Labute approximate surface area is 132 Å². The minimum Gasteiger partial charge on any atom is -0.383 e. The maximum atomic E-state index is 6.51. The van der Waals surface area contributed by atoms with Crippen molar-refractivity contribution in [1.82, 2.24) is 5.32 Å². The van der Waals surface area contributed by atoms with E-state index in [0.717, 1.165) is 36.6 Å². The van der Waals surface area contributed by atoms with Crippen molar-refractivity contribution in [1.29, 1.82) is 0 Å². The molecule has 1 aromatic rings. The fourth-order valence-corrected chi connectivity index (χ4v) is 4.19. The molecule has 1 aliphatic heterocycles. The lowest BCUT2D eigenvalue weighted by molar-refractivity contribution is 0.199. The molecule has 116 valence electrons. The Hall–Kier alpha value is -0.770. The van der Waals surface area contributed by atoms with Crippen LogP contribution in [0.2, 0.25) is 5.02 Å². The first-order valence-electron chi connectivity index (χ1n) is 8.01. The highest BCUT2D eigenvalue weighted by atomic mass is 35.5. The van der Waals surface area contributed by atoms with Gasteiger partial charge in [0, 0.05) is 33.3 Å². The topological polar surface area (TPSA) is 24.5 Å². The number of rotatable bonds is 6. The smallest absolute Gasteiger partial charge is 0.0642 e. The Morgan fingerprint density at radius 2 is 2.05 bits per heavy atom. The van der Waals surface area contributed by atoms with E-state index in [0.29, 0.717) is 0 Å². The second-order valence-corrected chi connectivity index (χ2v) is 6.68. The molecule has 0 amide bonds. The van der Waals surface area contributed by atoms with Crippen LogP contribution in [-0.4, -0.2) is 33.4 Å². The van der Waals surface area contributed by atoms with Crippen LogP contribution in [0.1, 0.15) is 24.8 Å². The van der Waals surface area contributed by atoms with Gasteiger partial charge in [0.05, 0.1) is 17.3 Å². The molecule has 3 rings (SSSR count).